The summed E-state index contributed by atoms with van der Waals surface area (Å²) in [5.74, 6) is -0.105. The number of nitro groups is 1. The molecule has 0 aliphatic rings. The molecule has 2 rings (SSSR count). The summed E-state index contributed by atoms with van der Waals surface area (Å²) in [5.41, 5.74) is -0.243. The van der Waals surface area contributed by atoms with E-state index in [4.69, 9.17) is 18.9 Å². The fourth-order valence-electron chi connectivity index (χ4n) is 2.94. The van der Waals surface area contributed by atoms with E-state index in [1.54, 1.807) is 0 Å². The fraction of sp³-hybridized carbons (Fsp3) is 0.316. The van der Waals surface area contributed by atoms with Gasteiger partial charge in [0.2, 0.25) is 0 Å². The van der Waals surface area contributed by atoms with Crippen molar-refractivity contribution in [2.24, 2.45) is 0 Å². The Morgan fingerprint density at radius 3 is 1.97 bits per heavy atom. The van der Waals surface area contributed by atoms with Gasteiger partial charge in [0, 0.05) is 18.2 Å². The number of carbonyl (C=O) groups is 1. The van der Waals surface area contributed by atoms with E-state index in [1.165, 1.54) is 52.7 Å². The second kappa shape index (κ2) is 9.44. The number of aldehydes is 1. The molecule has 2 aromatic carbocycles. The Bertz CT molecular complexity index is 1020. The van der Waals surface area contributed by atoms with Crippen molar-refractivity contribution in [3.05, 3.63) is 51.6 Å². The number of carbonyl (C=O) groups excluding carboxylic acids is 1. The lowest BCUT2D eigenvalue weighted by Crippen LogP contribution is -2.19. The summed E-state index contributed by atoms with van der Waals surface area (Å²) in [6.45, 7) is 0. The zero-order valence-corrected chi connectivity index (χ0v) is 17.6. The molecule has 162 valence electrons. The molecule has 0 aromatic heterocycles. The van der Waals surface area contributed by atoms with E-state index in [-0.39, 0.29) is 40.3 Å². The molecule has 0 amide bonds. The minimum Gasteiger partial charge on any atom is -0.496 e. The maximum Gasteiger partial charge on any atom is 0.311 e. The van der Waals surface area contributed by atoms with Gasteiger partial charge in [-0.15, -0.1) is 0 Å². The second-order valence-electron chi connectivity index (χ2n) is 6.07. The van der Waals surface area contributed by atoms with Gasteiger partial charge in [-0.2, -0.15) is 0 Å². The topological polar surface area (TPSA) is 131 Å². The molecule has 0 aliphatic carbocycles. The fourth-order valence-corrected chi connectivity index (χ4v) is 4.52. The molecule has 1 unspecified atom stereocenters. The van der Waals surface area contributed by atoms with Crippen LogP contribution < -0.4 is 18.9 Å². The van der Waals surface area contributed by atoms with E-state index < -0.39 is 25.8 Å². The molecule has 1 atom stereocenters. The van der Waals surface area contributed by atoms with Crippen LogP contribution >= 0.6 is 0 Å². The largest absolute Gasteiger partial charge is 0.496 e. The lowest BCUT2D eigenvalue weighted by molar-refractivity contribution is -0.385. The molecule has 0 saturated carbocycles. The molecule has 0 radical (unpaired) electrons. The molecule has 0 spiro atoms. The predicted molar refractivity (Wildman–Crippen MR) is 107 cm³/mol. The first-order valence-corrected chi connectivity index (χ1v) is 10.2. The molecule has 0 aliphatic heterocycles. The maximum absolute atomic E-state index is 13.1. The Hall–Kier alpha value is -3.34. The van der Waals surface area contributed by atoms with Crippen LogP contribution in [-0.2, 0) is 20.4 Å². The van der Waals surface area contributed by atoms with Gasteiger partial charge in [0.05, 0.1) is 44.7 Å². The number of nitro benzene ring substituents is 1. The van der Waals surface area contributed by atoms with Crippen LogP contribution in [0.2, 0.25) is 0 Å². The molecule has 10 nitrogen and oxygen atoms in total. The van der Waals surface area contributed by atoms with Crippen LogP contribution in [0.1, 0.15) is 16.4 Å². The maximum atomic E-state index is 13.1. The van der Waals surface area contributed by atoms with Crippen molar-refractivity contribution >= 4 is 21.8 Å². The first kappa shape index (κ1) is 22.9. The predicted octanol–water partition coefficient (Wildman–Crippen LogP) is 2.48. The Morgan fingerprint density at radius 2 is 1.53 bits per heavy atom. The highest BCUT2D eigenvalue weighted by molar-refractivity contribution is 7.91. The first-order chi connectivity index (χ1) is 14.2. The van der Waals surface area contributed by atoms with Crippen molar-refractivity contribution in [3.63, 3.8) is 0 Å². The third kappa shape index (κ3) is 4.62. The lowest BCUT2D eigenvalue weighted by atomic mass is 10.1. The van der Waals surface area contributed by atoms with Gasteiger partial charge in [0.25, 0.3) is 0 Å². The third-order valence-electron chi connectivity index (χ3n) is 4.36. The molecule has 0 N–H and O–H groups in total. The Labute approximate surface area is 173 Å². The number of methoxy groups -OCH3 is 4. The highest BCUT2D eigenvalue weighted by atomic mass is 32.2. The molecule has 0 fully saturated rings. The number of hydrogen-bond acceptors (Lipinski definition) is 9. The summed E-state index contributed by atoms with van der Waals surface area (Å²) in [4.78, 5) is 22.4. The van der Waals surface area contributed by atoms with Crippen LogP contribution in [0, 0.1) is 10.1 Å². The number of hydrogen-bond donors (Lipinski definition) is 0. The zero-order chi connectivity index (χ0) is 22.5. The van der Waals surface area contributed by atoms with Crippen LogP contribution in [0.5, 0.6) is 23.0 Å². The van der Waals surface area contributed by atoms with Crippen LogP contribution in [0.25, 0.3) is 0 Å². The Balaban J connectivity index is 2.55. The van der Waals surface area contributed by atoms with Gasteiger partial charge in [-0.1, -0.05) is 6.07 Å². The van der Waals surface area contributed by atoms with Gasteiger partial charge >= 0.3 is 5.69 Å². The van der Waals surface area contributed by atoms with Gasteiger partial charge < -0.3 is 23.7 Å². The summed E-state index contributed by atoms with van der Waals surface area (Å²) in [6.07, 6.45) is 0.264. The summed E-state index contributed by atoms with van der Waals surface area (Å²) in [6, 6.07) is 6.64. The Kier molecular flexibility index (Phi) is 7.22. The first-order valence-electron chi connectivity index (χ1n) is 8.50. The van der Waals surface area contributed by atoms with Crippen molar-refractivity contribution in [2.75, 3.05) is 28.4 Å². The minimum absolute atomic E-state index is 0.00780. The monoisotopic (exact) mass is 439 g/mol. The normalized spacial score (nSPS) is 12.0. The number of sulfone groups is 1. The van der Waals surface area contributed by atoms with Crippen LogP contribution in [0.15, 0.2) is 30.3 Å². The van der Waals surface area contributed by atoms with E-state index in [0.717, 1.165) is 6.07 Å². The Morgan fingerprint density at radius 1 is 0.967 bits per heavy atom. The molecule has 30 heavy (non-hydrogen) atoms. The van der Waals surface area contributed by atoms with Crippen LogP contribution in [-0.4, -0.2) is 48.1 Å². The molecule has 2 aromatic rings. The number of ether oxygens (including phenoxy) is 4. The quantitative estimate of drug-likeness (QED) is 0.311. The van der Waals surface area contributed by atoms with Gasteiger partial charge in [-0.3, -0.25) is 10.1 Å². The van der Waals surface area contributed by atoms with E-state index in [1.807, 2.05) is 0 Å². The molecular formula is C19H21NO9S. The second-order valence-corrected chi connectivity index (χ2v) is 8.20. The van der Waals surface area contributed by atoms with E-state index in [2.05, 4.69) is 0 Å². The van der Waals surface area contributed by atoms with E-state index in [9.17, 15) is 23.3 Å². The van der Waals surface area contributed by atoms with Crippen LogP contribution in [0.4, 0.5) is 5.69 Å². The average Bonchev–Trinajstić information content (AvgIpc) is 2.73. The smallest absolute Gasteiger partial charge is 0.311 e. The molecule has 11 heteroatoms. The molecule has 0 saturated heterocycles. The summed E-state index contributed by atoms with van der Waals surface area (Å²) >= 11 is 0. The standard InChI is InChI=1S/C19H21NO9S/c1-26-13-8-16(28-3)19(17(9-13)29-4)18(10-21)30(24,25)11-12-5-6-15(27-2)14(7-12)20(22)23/h5-10,18H,11H2,1-4H3. The molecular weight excluding hydrogens is 418 g/mol. The highest BCUT2D eigenvalue weighted by Gasteiger charge is 2.34. The highest BCUT2D eigenvalue weighted by Crippen LogP contribution is 2.41. The van der Waals surface area contributed by atoms with E-state index >= 15 is 0 Å². The van der Waals surface area contributed by atoms with Crippen molar-refractivity contribution < 1.29 is 37.1 Å². The summed E-state index contributed by atoms with van der Waals surface area (Å²) < 4.78 is 46.7. The van der Waals surface area contributed by atoms with Crippen molar-refractivity contribution in [1.82, 2.24) is 0 Å². The number of rotatable bonds is 10. The van der Waals surface area contributed by atoms with Gasteiger partial charge in [-0.25, -0.2) is 8.42 Å². The zero-order valence-electron chi connectivity index (χ0n) is 16.8. The summed E-state index contributed by atoms with van der Waals surface area (Å²) in [7, 11) is 1.16. The van der Waals surface area contributed by atoms with Crippen molar-refractivity contribution in [1.29, 1.82) is 0 Å². The van der Waals surface area contributed by atoms with Crippen molar-refractivity contribution in [3.8, 4) is 23.0 Å². The summed E-state index contributed by atoms with van der Waals surface area (Å²) in [5, 5.41) is 9.58. The number of nitrogens with zero attached hydrogens (tertiary/aromatic N) is 1. The SMILES string of the molecule is COc1cc(OC)c(C(C=O)S(=O)(=O)Cc2ccc(OC)c([N+](=O)[O-])c2)c(OC)c1. The third-order valence-corrected chi connectivity index (χ3v) is 6.21. The molecule has 0 heterocycles. The lowest BCUT2D eigenvalue weighted by Gasteiger charge is -2.19. The van der Waals surface area contributed by atoms with E-state index in [0.29, 0.717) is 5.75 Å². The van der Waals surface area contributed by atoms with Crippen LogP contribution in [0.3, 0.4) is 0 Å². The molecule has 0 bridgehead atoms. The van der Waals surface area contributed by atoms with Gasteiger partial charge in [0.15, 0.2) is 15.6 Å². The van der Waals surface area contributed by atoms with Crippen molar-refractivity contribution in [2.45, 2.75) is 11.0 Å². The van der Waals surface area contributed by atoms with Gasteiger partial charge in [0.1, 0.15) is 28.8 Å². The van der Waals surface area contributed by atoms with Gasteiger partial charge in [-0.05, 0) is 11.6 Å². The average molecular weight is 439 g/mol. The number of benzene rings is 2. The minimum atomic E-state index is -4.16.